The van der Waals surface area contributed by atoms with Crippen LogP contribution in [-0.4, -0.2) is 6.54 Å². The lowest BCUT2D eigenvalue weighted by molar-refractivity contribution is 0.606. The summed E-state index contributed by atoms with van der Waals surface area (Å²) in [4.78, 5) is 3.16. The fraction of sp³-hybridized carbons (Fsp3) is 0.636. The van der Waals surface area contributed by atoms with Crippen LogP contribution in [0.4, 0.5) is 0 Å². The largest absolute Gasteiger partial charge is 0.310 e. The molecular formula is C11H17NS. The molecule has 1 aromatic rings. The highest BCUT2D eigenvalue weighted by atomic mass is 32.1. The van der Waals surface area contributed by atoms with Crippen molar-refractivity contribution in [2.24, 2.45) is 0 Å². The summed E-state index contributed by atoms with van der Waals surface area (Å²) >= 11 is 2.01. The van der Waals surface area contributed by atoms with Crippen LogP contribution in [0.15, 0.2) is 6.07 Å². The Balaban J connectivity index is 2.13. The van der Waals surface area contributed by atoms with Crippen molar-refractivity contribution in [2.75, 3.05) is 6.54 Å². The van der Waals surface area contributed by atoms with Gasteiger partial charge in [-0.05, 0) is 44.4 Å². The molecule has 0 saturated heterocycles. The Bertz CT molecular complexity index is 269. The minimum atomic E-state index is 0.542. The number of rotatable bonds is 3. The van der Waals surface area contributed by atoms with Crippen LogP contribution in [0.5, 0.6) is 0 Å². The van der Waals surface area contributed by atoms with E-state index in [1.165, 1.54) is 24.1 Å². The van der Waals surface area contributed by atoms with Crippen molar-refractivity contribution in [2.45, 2.75) is 39.2 Å². The molecule has 0 bridgehead atoms. The number of aryl methyl sites for hydroxylation is 2. The van der Waals surface area contributed by atoms with E-state index < -0.39 is 0 Å². The fourth-order valence-corrected chi connectivity index (χ4v) is 3.26. The maximum Gasteiger partial charge on any atom is 0.0386 e. The van der Waals surface area contributed by atoms with E-state index in [1.54, 1.807) is 10.4 Å². The Morgan fingerprint density at radius 1 is 1.54 bits per heavy atom. The molecule has 2 rings (SSSR count). The molecule has 0 fully saturated rings. The van der Waals surface area contributed by atoms with Crippen molar-refractivity contribution < 1.29 is 0 Å². The van der Waals surface area contributed by atoms with Crippen LogP contribution in [0.2, 0.25) is 0 Å². The number of nitrogens with one attached hydrogen (secondary N) is 1. The van der Waals surface area contributed by atoms with Gasteiger partial charge in [-0.15, -0.1) is 11.3 Å². The molecule has 0 spiro atoms. The fourth-order valence-electron chi connectivity index (χ4n) is 1.97. The molecule has 0 radical (unpaired) electrons. The zero-order valence-corrected chi connectivity index (χ0v) is 9.21. The molecule has 72 valence electrons. The van der Waals surface area contributed by atoms with Crippen molar-refractivity contribution in [3.05, 3.63) is 21.4 Å². The number of fused-ring (bicyclic) bond motifs is 1. The van der Waals surface area contributed by atoms with Gasteiger partial charge in [0.2, 0.25) is 0 Å². The van der Waals surface area contributed by atoms with Gasteiger partial charge in [-0.25, -0.2) is 0 Å². The summed E-state index contributed by atoms with van der Waals surface area (Å²) in [6.07, 6.45) is 4.00. The van der Waals surface area contributed by atoms with E-state index in [0.717, 1.165) is 6.54 Å². The van der Waals surface area contributed by atoms with Crippen LogP contribution < -0.4 is 5.32 Å². The molecule has 1 N–H and O–H groups in total. The van der Waals surface area contributed by atoms with E-state index in [1.807, 2.05) is 11.3 Å². The summed E-state index contributed by atoms with van der Waals surface area (Å²) < 4.78 is 0. The Morgan fingerprint density at radius 3 is 3.08 bits per heavy atom. The molecule has 2 heteroatoms. The predicted molar refractivity (Wildman–Crippen MR) is 58.4 cm³/mol. The van der Waals surface area contributed by atoms with Gasteiger partial charge in [0.25, 0.3) is 0 Å². The van der Waals surface area contributed by atoms with E-state index in [4.69, 9.17) is 0 Å². The molecule has 13 heavy (non-hydrogen) atoms. The standard InChI is InChI=1S/C11H17NS/c1-3-12-8(2)11-7-9-5-4-6-10(9)13-11/h7-8,12H,3-6H2,1-2H3. The Labute approximate surface area is 84.2 Å². The Kier molecular flexibility index (Phi) is 2.70. The number of hydrogen-bond acceptors (Lipinski definition) is 2. The summed E-state index contributed by atoms with van der Waals surface area (Å²) in [5.74, 6) is 0. The highest BCUT2D eigenvalue weighted by molar-refractivity contribution is 7.12. The topological polar surface area (TPSA) is 12.0 Å². The molecule has 1 heterocycles. The Hall–Kier alpha value is -0.340. The second kappa shape index (κ2) is 3.81. The maximum atomic E-state index is 3.46. The van der Waals surface area contributed by atoms with Gasteiger partial charge in [0.15, 0.2) is 0 Å². The smallest absolute Gasteiger partial charge is 0.0386 e. The molecule has 0 amide bonds. The van der Waals surface area contributed by atoms with Crippen LogP contribution >= 0.6 is 11.3 Å². The third-order valence-electron chi connectivity index (χ3n) is 2.70. The third kappa shape index (κ3) is 1.79. The van der Waals surface area contributed by atoms with Crippen molar-refractivity contribution in [3.63, 3.8) is 0 Å². The normalized spacial score (nSPS) is 17.4. The van der Waals surface area contributed by atoms with E-state index in [2.05, 4.69) is 25.2 Å². The molecule has 1 aliphatic rings. The maximum absolute atomic E-state index is 3.46. The Morgan fingerprint density at radius 2 is 2.38 bits per heavy atom. The molecule has 1 aromatic heterocycles. The predicted octanol–water partition coefficient (Wildman–Crippen LogP) is 2.91. The first-order chi connectivity index (χ1) is 6.31. The van der Waals surface area contributed by atoms with Gasteiger partial charge < -0.3 is 5.32 Å². The first-order valence-corrected chi connectivity index (χ1v) is 5.97. The third-order valence-corrected chi connectivity index (χ3v) is 4.12. The number of thiophene rings is 1. The van der Waals surface area contributed by atoms with E-state index in [9.17, 15) is 0 Å². The lowest BCUT2D eigenvalue weighted by Gasteiger charge is -2.09. The van der Waals surface area contributed by atoms with E-state index >= 15 is 0 Å². The summed E-state index contributed by atoms with van der Waals surface area (Å²) in [7, 11) is 0. The van der Waals surface area contributed by atoms with Gasteiger partial charge in [-0.2, -0.15) is 0 Å². The minimum Gasteiger partial charge on any atom is -0.310 e. The molecular weight excluding hydrogens is 178 g/mol. The highest BCUT2D eigenvalue weighted by Gasteiger charge is 2.16. The van der Waals surface area contributed by atoms with E-state index in [0.29, 0.717) is 6.04 Å². The van der Waals surface area contributed by atoms with Gasteiger partial charge in [0.1, 0.15) is 0 Å². The first kappa shape index (κ1) is 9.22. The van der Waals surface area contributed by atoms with E-state index in [-0.39, 0.29) is 0 Å². The summed E-state index contributed by atoms with van der Waals surface area (Å²) in [5, 5.41) is 3.46. The van der Waals surface area contributed by atoms with Gasteiger partial charge in [0.05, 0.1) is 0 Å². The lowest BCUT2D eigenvalue weighted by Crippen LogP contribution is -2.16. The van der Waals surface area contributed by atoms with Gasteiger partial charge in [-0.3, -0.25) is 0 Å². The molecule has 1 nitrogen and oxygen atoms in total. The second-order valence-electron chi connectivity index (χ2n) is 3.73. The zero-order chi connectivity index (χ0) is 9.26. The van der Waals surface area contributed by atoms with Crippen molar-refractivity contribution in [1.82, 2.24) is 5.32 Å². The number of hydrogen-bond donors (Lipinski definition) is 1. The monoisotopic (exact) mass is 195 g/mol. The quantitative estimate of drug-likeness (QED) is 0.782. The average Bonchev–Trinajstić information content (AvgIpc) is 2.61. The first-order valence-electron chi connectivity index (χ1n) is 5.16. The van der Waals surface area contributed by atoms with Crippen molar-refractivity contribution in [3.8, 4) is 0 Å². The molecule has 1 unspecified atom stereocenters. The molecule has 1 aliphatic carbocycles. The molecule has 0 saturated carbocycles. The summed E-state index contributed by atoms with van der Waals surface area (Å²) in [6, 6.07) is 2.95. The second-order valence-corrected chi connectivity index (χ2v) is 4.90. The van der Waals surface area contributed by atoms with Gasteiger partial charge in [0, 0.05) is 15.8 Å². The SMILES string of the molecule is CCNC(C)c1cc2c(s1)CCC2. The molecule has 0 aromatic carbocycles. The minimum absolute atomic E-state index is 0.542. The highest BCUT2D eigenvalue weighted by Crippen LogP contribution is 2.33. The van der Waals surface area contributed by atoms with Crippen LogP contribution in [0, 0.1) is 0 Å². The van der Waals surface area contributed by atoms with Crippen LogP contribution in [-0.2, 0) is 12.8 Å². The zero-order valence-electron chi connectivity index (χ0n) is 8.39. The van der Waals surface area contributed by atoms with Crippen LogP contribution in [0.1, 0.15) is 41.6 Å². The van der Waals surface area contributed by atoms with Gasteiger partial charge in [-0.1, -0.05) is 6.92 Å². The molecule has 1 atom stereocenters. The van der Waals surface area contributed by atoms with Crippen LogP contribution in [0.3, 0.4) is 0 Å². The van der Waals surface area contributed by atoms with Crippen molar-refractivity contribution >= 4 is 11.3 Å². The van der Waals surface area contributed by atoms with Crippen LogP contribution in [0.25, 0.3) is 0 Å². The van der Waals surface area contributed by atoms with Crippen molar-refractivity contribution in [1.29, 1.82) is 0 Å². The lowest BCUT2D eigenvalue weighted by atomic mass is 10.2. The van der Waals surface area contributed by atoms with Gasteiger partial charge >= 0.3 is 0 Å². The summed E-state index contributed by atoms with van der Waals surface area (Å²) in [5.41, 5.74) is 1.62. The molecule has 0 aliphatic heterocycles. The average molecular weight is 195 g/mol. The summed E-state index contributed by atoms with van der Waals surface area (Å²) in [6.45, 7) is 5.48.